The molecule has 4 atom stereocenters. The van der Waals surface area contributed by atoms with Crippen molar-refractivity contribution >= 4 is 29.6 Å². The van der Waals surface area contributed by atoms with Gasteiger partial charge in [-0.3, -0.25) is 29.4 Å². The van der Waals surface area contributed by atoms with E-state index in [0.29, 0.717) is 17.2 Å². The highest BCUT2D eigenvalue weighted by molar-refractivity contribution is 6.28. The maximum Gasteiger partial charge on any atom is 0.243 e. The average Bonchev–Trinajstić information content (AvgIpc) is 3.42. The Balaban J connectivity index is 1.58. The van der Waals surface area contributed by atoms with Gasteiger partial charge in [0.15, 0.2) is 6.29 Å². The lowest BCUT2D eigenvalue weighted by Crippen LogP contribution is -2.53. The van der Waals surface area contributed by atoms with Gasteiger partial charge in [0.25, 0.3) is 0 Å². The lowest BCUT2D eigenvalue weighted by Gasteiger charge is -2.35. The second-order valence-corrected chi connectivity index (χ2v) is 8.17. The van der Waals surface area contributed by atoms with Gasteiger partial charge in [0.1, 0.15) is 11.9 Å². The van der Waals surface area contributed by atoms with Crippen molar-refractivity contribution in [3.63, 3.8) is 0 Å². The summed E-state index contributed by atoms with van der Waals surface area (Å²) in [5, 5.41) is 5.70. The largest absolute Gasteiger partial charge is 0.365 e. The molecule has 4 unspecified atom stereocenters. The van der Waals surface area contributed by atoms with Crippen molar-refractivity contribution < 1.29 is 23.6 Å². The smallest absolute Gasteiger partial charge is 0.243 e. The summed E-state index contributed by atoms with van der Waals surface area (Å²) in [6, 6.07) is 1.89. The van der Waals surface area contributed by atoms with Gasteiger partial charge in [-0.25, -0.2) is 4.39 Å². The number of piperidine rings is 1. The number of anilines is 1. The molecular formula is C20H21FN4O4. The van der Waals surface area contributed by atoms with Crippen molar-refractivity contribution in [1.29, 1.82) is 0 Å². The molecule has 1 aromatic carbocycles. The summed E-state index contributed by atoms with van der Waals surface area (Å²) < 4.78 is 14.8. The van der Waals surface area contributed by atoms with Crippen LogP contribution in [0.4, 0.5) is 10.1 Å². The van der Waals surface area contributed by atoms with E-state index in [4.69, 9.17) is 0 Å². The van der Waals surface area contributed by atoms with E-state index in [1.165, 1.54) is 6.07 Å². The van der Waals surface area contributed by atoms with Crippen molar-refractivity contribution in [1.82, 2.24) is 15.5 Å². The number of benzene rings is 1. The quantitative estimate of drug-likeness (QED) is 0.411. The van der Waals surface area contributed by atoms with Crippen molar-refractivity contribution in [2.75, 3.05) is 18.0 Å². The third kappa shape index (κ3) is 2.79. The van der Waals surface area contributed by atoms with E-state index < -0.39 is 29.6 Å². The monoisotopic (exact) mass is 400 g/mol. The minimum atomic E-state index is -1.02. The fraction of sp³-hybridized carbons (Fsp3) is 0.500. The predicted octanol–water partition coefficient (Wildman–Crippen LogP) is -0.194. The number of imide groups is 1. The highest BCUT2D eigenvalue weighted by Crippen LogP contribution is 2.45. The van der Waals surface area contributed by atoms with Gasteiger partial charge in [0.05, 0.1) is 6.04 Å². The number of aldehydes is 1. The highest BCUT2D eigenvalue weighted by Gasteiger charge is 2.47. The van der Waals surface area contributed by atoms with E-state index in [1.807, 2.05) is 0 Å². The summed E-state index contributed by atoms with van der Waals surface area (Å²) in [5.41, 5.74) is 1.59. The zero-order chi connectivity index (χ0) is 20.3. The van der Waals surface area contributed by atoms with Crippen LogP contribution in [0.25, 0.3) is 0 Å². The molecule has 3 saturated heterocycles. The van der Waals surface area contributed by atoms with Gasteiger partial charge in [-0.15, -0.1) is 0 Å². The minimum Gasteiger partial charge on any atom is -0.365 e. The number of nitrogens with zero attached hydrogens (tertiary/aromatic N) is 2. The fourth-order valence-corrected chi connectivity index (χ4v) is 5.30. The molecule has 0 aromatic heterocycles. The van der Waals surface area contributed by atoms with Gasteiger partial charge in [0.2, 0.25) is 17.6 Å². The van der Waals surface area contributed by atoms with Crippen molar-refractivity contribution in [3.05, 3.63) is 29.1 Å². The zero-order valence-corrected chi connectivity index (χ0v) is 15.7. The number of rotatable bonds is 4. The lowest BCUT2D eigenvalue weighted by molar-refractivity contribution is -0.141. The van der Waals surface area contributed by atoms with Gasteiger partial charge in [-0.2, -0.15) is 0 Å². The van der Waals surface area contributed by atoms with E-state index >= 15 is 0 Å². The Morgan fingerprint density at radius 3 is 2.76 bits per heavy atom. The molecule has 0 spiro atoms. The number of carbonyl (C=O) groups is 4. The normalized spacial score (nSPS) is 31.1. The van der Waals surface area contributed by atoms with Gasteiger partial charge in [-0.05, 0) is 25.0 Å². The number of piperazine rings is 1. The van der Waals surface area contributed by atoms with Crippen molar-refractivity contribution in [2.45, 2.75) is 50.0 Å². The molecule has 4 aliphatic rings. The summed E-state index contributed by atoms with van der Waals surface area (Å²) in [6.07, 6.45) is 1.60. The molecule has 4 heterocycles. The second kappa shape index (κ2) is 6.70. The maximum atomic E-state index is 14.8. The molecule has 2 amide bonds. The Morgan fingerprint density at radius 2 is 2.10 bits per heavy atom. The van der Waals surface area contributed by atoms with Crippen LogP contribution in [0.2, 0.25) is 0 Å². The standard InChI is InChI=1S/C20H21FN4O4/c21-13-1-2-14(24-7-10-5-11(24)6-22-10)18-12(13)8-25(19(18)16(27)9-26)15-3-4-17(28)23-20(15)29/h1-2,9-11,15,19,22H,3-8H2,(H,23,28,29). The van der Waals surface area contributed by atoms with Crippen LogP contribution in [-0.2, 0) is 25.7 Å². The number of Topliss-reactive ketones (excluding diaryl/α,β-unsaturated/α-hetero) is 1. The number of nitrogens with one attached hydrogen (secondary N) is 2. The van der Waals surface area contributed by atoms with Crippen LogP contribution < -0.4 is 15.5 Å². The van der Waals surface area contributed by atoms with Gasteiger partial charge in [-0.1, -0.05) is 0 Å². The summed E-state index contributed by atoms with van der Waals surface area (Å²) >= 11 is 0. The molecular weight excluding hydrogens is 379 g/mol. The van der Waals surface area contributed by atoms with E-state index in [2.05, 4.69) is 15.5 Å². The van der Waals surface area contributed by atoms with Crippen LogP contribution in [0, 0.1) is 5.82 Å². The molecule has 3 fully saturated rings. The highest BCUT2D eigenvalue weighted by atomic mass is 19.1. The molecule has 0 radical (unpaired) electrons. The minimum absolute atomic E-state index is 0.0473. The molecule has 2 N–H and O–H groups in total. The number of fused-ring (bicyclic) bond motifs is 3. The van der Waals surface area contributed by atoms with Crippen molar-refractivity contribution in [3.8, 4) is 0 Å². The molecule has 152 valence electrons. The number of ketones is 1. The predicted molar refractivity (Wildman–Crippen MR) is 99.5 cm³/mol. The average molecular weight is 400 g/mol. The summed E-state index contributed by atoms with van der Waals surface area (Å²) in [7, 11) is 0. The molecule has 0 aliphatic carbocycles. The van der Waals surface area contributed by atoms with E-state index in [0.717, 1.165) is 25.2 Å². The topological polar surface area (TPSA) is 98.8 Å². The van der Waals surface area contributed by atoms with E-state index in [-0.39, 0.29) is 37.6 Å². The third-order valence-electron chi connectivity index (χ3n) is 6.58. The third-order valence-corrected chi connectivity index (χ3v) is 6.58. The molecule has 29 heavy (non-hydrogen) atoms. The summed E-state index contributed by atoms with van der Waals surface area (Å²) in [6.45, 7) is 1.62. The Hall–Kier alpha value is -2.65. The number of hydrogen-bond donors (Lipinski definition) is 2. The molecule has 0 saturated carbocycles. The van der Waals surface area contributed by atoms with Crippen LogP contribution in [-0.4, -0.2) is 60.0 Å². The first-order valence-electron chi connectivity index (χ1n) is 9.87. The zero-order valence-electron chi connectivity index (χ0n) is 15.7. The molecule has 1 aromatic rings. The number of hydrogen-bond acceptors (Lipinski definition) is 7. The first-order chi connectivity index (χ1) is 14.0. The Bertz CT molecular complexity index is 935. The molecule has 9 heteroatoms. The Morgan fingerprint density at radius 1 is 1.28 bits per heavy atom. The van der Waals surface area contributed by atoms with Gasteiger partial charge >= 0.3 is 0 Å². The molecule has 5 rings (SSSR count). The first kappa shape index (κ1) is 18.4. The van der Waals surface area contributed by atoms with Crippen LogP contribution in [0.3, 0.4) is 0 Å². The van der Waals surface area contributed by atoms with Crippen LogP contribution in [0.1, 0.15) is 36.4 Å². The van der Waals surface area contributed by atoms with Gasteiger partial charge in [0, 0.05) is 55.0 Å². The number of carbonyl (C=O) groups excluding carboxylic acids is 4. The van der Waals surface area contributed by atoms with E-state index in [9.17, 15) is 23.6 Å². The van der Waals surface area contributed by atoms with Crippen LogP contribution in [0.15, 0.2) is 12.1 Å². The van der Waals surface area contributed by atoms with Crippen LogP contribution >= 0.6 is 0 Å². The van der Waals surface area contributed by atoms with Gasteiger partial charge < -0.3 is 10.2 Å². The SMILES string of the molecule is O=CC(=O)C1c2c(N3CC4CC3CN4)ccc(F)c2CN1C1CCC(=O)NC1=O. The summed E-state index contributed by atoms with van der Waals surface area (Å²) in [4.78, 5) is 51.9. The number of amides is 2. The van der Waals surface area contributed by atoms with Crippen LogP contribution in [0.5, 0.6) is 0 Å². The lowest BCUT2D eigenvalue weighted by atomic mass is 9.96. The molecule has 2 bridgehead atoms. The summed E-state index contributed by atoms with van der Waals surface area (Å²) in [5.74, 6) is -2.04. The Labute approximate surface area is 166 Å². The second-order valence-electron chi connectivity index (χ2n) is 8.17. The van der Waals surface area contributed by atoms with Crippen molar-refractivity contribution in [2.24, 2.45) is 0 Å². The Kier molecular flexibility index (Phi) is 4.25. The molecule has 4 aliphatic heterocycles. The van der Waals surface area contributed by atoms with E-state index in [1.54, 1.807) is 11.0 Å². The maximum absolute atomic E-state index is 14.8. The fourth-order valence-electron chi connectivity index (χ4n) is 5.30. The molecule has 8 nitrogen and oxygen atoms in total. The number of halogens is 1. The first-order valence-corrected chi connectivity index (χ1v) is 9.87.